The Labute approximate surface area is 116 Å². The molecule has 1 unspecified atom stereocenters. The van der Waals surface area contributed by atoms with E-state index in [1.165, 1.54) is 23.1 Å². The molecule has 0 aliphatic heterocycles. The third-order valence-corrected chi connectivity index (χ3v) is 2.99. The lowest BCUT2D eigenvalue weighted by molar-refractivity contribution is -0.384. The Balaban J connectivity index is 2.94. The first-order valence-corrected chi connectivity index (χ1v) is 5.96. The first-order valence-electron chi connectivity index (χ1n) is 5.59. The van der Waals surface area contributed by atoms with Crippen LogP contribution in [0.3, 0.4) is 0 Å². The molecule has 104 valence electrons. The third kappa shape index (κ3) is 3.90. The van der Waals surface area contributed by atoms with Gasteiger partial charge in [-0.25, -0.2) is 0 Å². The highest BCUT2D eigenvalue weighted by Crippen LogP contribution is 2.25. The molecule has 0 saturated carbocycles. The van der Waals surface area contributed by atoms with Gasteiger partial charge in [-0.05, 0) is 19.1 Å². The minimum atomic E-state index is -0.614. The predicted molar refractivity (Wildman–Crippen MR) is 71.5 cm³/mol. The van der Waals surface area contributed by atoms with Crippen LogP contribution < -0.4 is 0 Å². The highest BCUT2D eigenvalue weighted by Gasteiger charge is 2.19. The standard InChI is InChI=1S/C12H15ClN2O4/c1-8(19-3)7-14(2)12(16)9-4-5-10(13)11(6-9)15(17)18/h4-6,8H,7H2,1-3H3. The van der Waals surface area contributed by atoms with Gasteiger partial charge in [-0.3, -0.25) is 14.9 Å². The zero-order valence-electron chi connectivity index (χ0n) is 10.9. The van der Waals surface area contributed by atoms with E-state index in [0.29, 0.717) is 6.54 Å². The van der Waals surface area contributed by atoms with Crippen molar-refractivity contribution >= 4 is 23.2 Å². The summed E-state index contributed by atoms with van der Waals surface area (Å²) in [6.45, 7) is 2.22. The average Bonchev–Trinajstić information content (AvgIpc) is 2.37. The van der Waals surface area contributed by atoms with Crippen LogP contribution in [0, 0.1) is 10.1 Å². The molecule has 0 N–H and O–H groups in total. The summed E-state index contributed by atoms with van der Waals surface area (Å²) < 4.78 is 5.06. The molecule has 1 amide bonds. The molecule has 6 nitrogen and oxygen atoms in total. The van der Waals surface area contributed by atoms with Crippen molar-refractivity contribution in [1.29, 1.82) is 0 Å². The lowest BCUT2D eigenvalue weighted by Crippen LogP contribution is -2.33. The van der Waals surface area contributed by atoms with Gasteiger partial charge in [-0.2, -0.15) is 0 Å². The predicted octanol–water partition coefficient (Wildman–Crippen LogP) is 2.36. The van der Waals surface area contributed by atoms with Gasteiger partial charge in [0.05, 0.1) is 11.0 Å². The van der Waals surface area contributed by atoms with Crippen molar-refractivity contribution in [2.24, 2.45) is 0 Å². The van der Waals surface area contributed by atoms with Gasteiger partial charge in [0.25, 0.3) is 11.6 Å². The fourth-order valence-corrected chi connectivity index (χ4v) is 1.74. The number of carbonyl (C=O) groups is 1. The molecule has 0 spiro atoms. The number of nitrogens with zero attached hydrogens (tertiary/aromatic N) is 2. The normalized spacial score (nSPS) is 12.0. The van der Waals surface area contributed by atoms with Gasteiger partial charge in [-0.15, -0.1) is 0 Å². The van der Waals surface area contributed by atoms with Crippen LogP contribution in [-0.2, 0) is 4.74 Å². The molecule has 0 bridgehead atoms. The smallest absolute Gasteiger partial charge is 0.288 e. The number of hydrogen-bond acceptors (Lipinski definition) is 4. The van der Waals surface area contributed by atoms with E-state index >= 15 is 0 Å². The average molecular weight is 287 g/mol. The van der Waals surface area contributed by atoms with E-state index < -0.39 is 4.92 Å². The number of ether oxygens (including phenoxy) is 1. The number of methoxy groups -OCH3 is 1. The van der Waals surface area contributed by atoms with Crippen molar-refractivity contribution in [2.45, 2.75) is 13.0 Å². The molecule has 0 radical (unpaired) electrons. The molecule has 0 aromatic heterocycles. The van der Waals surface area contributed by atoms with Gasteiger partial charge >= 0.3 is 0 Å². The number of amides is 1. The second kappa shape index (κ2) is 6.49. The zero-order valence-corrected chi connectivity index (χ0v) is 11.7. The Morgan fingerprint density at radius 1 is 1.58 bits per heavy atom. The number of nitro benzene ring substituents is 1. The monoisotopic (exact) mass is 286 g/mol. The summed E-state index contributed by atoms with van der Waals surface area (Å²) >= 11 is 5.70. The van der Waals surface area contributed by atoms with Crippen LogP contribution >= 0.6 is 11.6 Å². The highest BCUT2D eigenvalue weighted by molar-refractivity contribution is 6.32. The second-order valence-corrected chi connectivity index (χ2v) is 4.56. The van der Waals surface area contributed by atoms with E-state index in [1.807, 2.05) is 6.92 Å². The van der Waals surface area contributed by atoms with Crippen molar-refractivity contribution in [3.63, 3.8) is 0 Å². The second-order valence-electron chi connectivity index (χ2n) is 4.16. The van der Waals surface area contributed by atoms with Crippen LogP contribution in [-0.4, -0.2) is 42.5 Å². The lowest BCUT2D eigenvalue weighted by Gasteiger charge is -2.20. The molecule has 19 heavy (non-hydrogen) atoms. The molecular weight excluding hydrogens is 272 g/mol. The molecule has 0 aliphatic rings. The third-order valence-electron chi connectivity index (χ3n) is 2.67. The topological polar surface area (TPSA) is 72.7 Å². The van der Waals surface area contributed by atoms with Crippen LogP contribution in [0.5, 0.6) is 0 Å². The maximum atomic E-state index is 12.1. The minimum absolute atomic E-state index is 0.00876. The molecular formula is C12H15ClN2O4. The number of likely N-dealkylation sites (N-methyl/N-ethyl adjacent to an activating group) is 1. The fourth-order valence-electron chi connectivity index (χ4n) is 1.55. The van der Waals surface area contributed by atoms with E-state index in [2.05, 4.69) is 0 Å². The van der Waals surface area contributed by atoms with E-state index in [9.17, 15) is 14.9 Å². The molecule has 1 aromatic carbocycles. The summed E-state index contributed by atoms with van der Waals surface area (Å²) in [7, 11) is 3.16. The van der Waals surface area contributed by atoms with Crippen LogP contribution in [0.4, 0.5) is 5.69 Å². The SMILES string of the molecule is COC(C)CN(C)C(=O)c1ccc(Cl)c([N+](=O)[O-])c1. The number of halogens is 1. The molecule has 7 heteroatoms. The fraction of sp³-hybridized carbons (Fsp3) is 0.417. The molecule has 0 fully saturated rings. The number of nitro groups is 1. The Kier molecular flexibility index (Phi) is 5.26. The summed E-state index contributed by atoms with van der Waals surface area (Å²) in [5.74, 6) is -0.316. The zero-order chi connectivity index (χ0) is 14.6. The minimum Gasteiger partial charge on any atom is -0.380 e. The number of carbonyl (C=O) groups excluding carboxylic acids is 1. The Morgan fingerprint density at radius 2 is 2.21 bits per heavy atom. The molecule has 0 aliphatic carbocycles. The van der Waals surface area contributed by atoms with E-state index in [-0.39, 0.29) is 28.3 Å². The van der Waals surface area contributed by atoms with Gasteiger partial charge in [0.1, 0.15) is 5.02 Å². The first kappa shape index (κ1) is 15.4. The molecule has 0 heterocycles. The van der Waals surface area contributed by atoms with Crippen molar-refractivity contribution in [2.75, 3.05) is 20.7 Å². The Bertz CT molecular complexity index is 493. The number of hydrogen-bond donors (Lipinski definition) is 0. The maximum absolute atomic E-state index is 12.1. The van der Waals surface area contributed by atoms with Gasteiger partial charge < -0.3 is 9.64 Å². The van der Waals surface area contributed by atoms with E-state index in [1.54, 1.807) is 14.2 Å². The van der Waals surface area contributed by atoms with Gasteiger partial charge in [-0.1, -0.05) is 11.6 Å². The Hall–Kier alpha value is -1.66. The van der Waals surface area contributed by atoms with Gasteiger partial charge in [0, 0.05) is 32.3 Å². The summed E-state index contributed by atoms with van der Waals surface area (Å²) in [5, 5.41) is 10.8. The summed E-state index contributed by atoms with van der Waals surface area (Å²) in [6.07, 6.45) is -0.115. The van der Waals surface area contributed by atoms with Gasteiger partial charge in [0.2, 0.25) is 0 Å². The van der Waals surface area contributed by atoms with Crippen LogP contribution in [0.15, 0.2) is 18.2 Å². The van der Waals surface area contributed by atoms with Gasteiger partial charge in [0.15, 0.2) is 0 Å². The molecule has 0 saturated heterocycles. The molecule has 1 atom stereocenters. The van der Waals surface area contributed by atoms with Crippen LogP contribution in [0.1, 0.15) is 17.3 Å². The first-order chi connectivity index (χ1) is 8.86. The van der Waals surface area contributed by atoms with Crippen molar-refractivity contribution in [1.82, 2.24) is 4.90 Å². The van der Waals surface area contributed by atoms with Crippen molar-refractivity contribution in [3.05, 3.63) is 38.9 Å². The van der Waals surface area contributed by atoms with E-state index in [4.69, 9.17) is 16.3 Å². The van der Waals surface area contributed by atoms with Crippen LogP contribution in [0.2, 0.25) is 5.02 Å². The largest absolute Gasteiger partial charge is 0.380 e. The summed E-state index contributed by atoms with van der Waals surface area (Å²) in [6, 6.07) is 3.99. The quantitative estimate of drug-likeness (QED) is 0.615. The summed E-state index contributed by atoms with van der Waals surface area (Å²) in [5.41, 5.74) is -0.0531. The van der Waals surface area contributed by atoms with Crippen molar-refractivity contribution in [3.8, 4) is 0 Å². The lowest BCUT2D eigenvalue weighted by atomic mass is 10.1. The van der Waals surface area contributed by atoms with Crippen LogP contribution in [0.25, 0.3) is 0 Å². The highest BCUT2D eigenvalue weighted by atomic mass is 35.5. The van der Waals surface area contributed by atoms with Crippen molar-refractivity contribution < 1.29 is 14.5 Å². The summed E-state index contributed by atoms with van der Waals surface area (Å²) in [4.78, 5) is 23.7. The Morgan fingerprint density at radius 3 is 2.74 bits per heavy atom. The number of benzene rings is 1. The molecule has 1 rings (SSSR count). The molecule has 1 aromatic rings. The van der Waals surface area contributed by atoms with E-state index in [0.717, 1.165) is 0 Å². The maximum Gasteiger partial charge on any atom is 0.288 e. The number of rotatable bonds is 5.